The van der Waals surface area contributed by atoms with Gasteiger partial charge in [-0.25, -0.2) is 0 Å². The van der Waals surface area contributed by atoms with Gasteiger partial charge < -0.3 is 27.6 Å². The Morgan fingerprint density at radius 2 is 0.905 bits per heavy atom. The summed E-state index contributed by atoms with van der Waals surface area (Å²) in [5.41, 5.74) is -8.40. The van der Waals surface area contributed by atoms with Crippen molar-refractivity contribution in [3.05, 3.63) is 166 Å². The molecule has 5 aromatic rings. The molecule has 0 unspecified atom stereocenters. The van der Waals surface area contributed by atoms with Gasteiger partial charge in [-0.15, -0.1) is 0 Å². The minimum absolute atomic E-state index is 0. The Balaban J connectivity index is 0.00000871. The molecule has 0 aliphatic heterocycles. The molecule has 0 radical (unpaired) electrons. The Hall–Kier alpha value is -4.89. The maximum Gasteiger partial charge on any atom is 0.416 e. The molecule has 0 aliphatic carbocycles. The van der Waals surface area contributed by atoms with Gasteiger partial charge in [0.05, 0.1) is 58.5 Å². The first-order chi connectivity index (χ1) is 28.7. The molecule has 63 heavy (non-hydrogen) atoms. The molecule has 2 amide bonds. The maximum atomic E-state index is 14.5. The van der Waals surface area contributed by atoms with Gasteiger partial charge in [0.1, 0.15) is 6.04 Å². The molecule has 0 aliphatic rings. The fraction of sp³-hybridized carbons (Fsp3) is 0.289. The van der Waals surface area contributed by atoms with Gasteiger partial charge in [-0.2, -0.15) is 52.7 Å². The van der Waals surface area contributed by atoms with Gasteiger partial charge >= 0.3 is 24.7 Å². The number of benzene rings is 5. The summed E-state index contributed by atoms with van der Waals surface area (Å²) in [6.45, 7) is 4.48. The lowest BCUT2D eigenvalue weighted by molar-refractivity contribution is -0.144. The predicted octanol–water partition coefficient (Wildman–Crippen LogP) is 8.51. The molecule has 338 valence electrons. The number of alkyl halides is 12. The van der Waals surface area contributed by atoms with Crippen LogP contribution >= 0.6 is 7.26 Å². The van der Waals surface area contributed by atoms with Crippen LogP contribution in [0.1, 0.15) is 64.5 Å². The minimum atomic E-state index is -5.27. The lowest BCUT2D eigenvalue weighted by Gasteiger charge is -2.35. The van der Waals surface area contributed by atoms with Gasteiger partial charge in [-0.1, -0.05) is 87.5 Å². The Labute approximate surface area is 366 Å². The van der Waals surface area contributed by atoms with Crippen LogP contribution in [0.25, 0.3) is 0 Å². The highest BCUT2D eigenvalue weighted by Gasteiger charge is 2.48. The van der Waals surface area contributed by atoms with Crippen molar-refractivity contribution in [3.63, 3.8) is 0 Å². The molecule has 5 rings (SSSR count). The van der Waals surface area contributed by atoms with Crippen molar-refractivity contribution in [3.8, 4) is 0 Å². The van der Waals surface area contributed by atoms with Crippen LogP contribution in [0.5, 0.6) is 0 Å². The summed E-state index contributed by atoms with van der Waals surface area (Å²) < 4.78 is 167. The smallest absolute Gasteiger partial charge is 0.416 e. The fourth-order valence-corrected chi connectivity index (χ4v) is 11.6. The van der Waals surface area contributed by atoms with Crippen molar-refractivity contribution in [2.45, 2.75) is 70.1 Å². The summed E-state index contributed by atoms with van der Waals surface area (Å²) >= 11 is 0. The third-order valence-electron chi connectivity index (χ3n) is 10.1. The molecule has 0 aromatic heterocycles. The van der Waals surface area contributed by atoms with Crippen LogP contribution in [-0.2, 0) is 42.1 Å². The average molecular weight is 980 g/mol. The van der Waals surface area contributed by atoms with Crippen LogP contribution in [0.2, 0.25) is 0 Å². The van der Waals surface area contributed by atoms with Crippen LogP contribution in [-0.4, -0.2) is 30.1 Å². The van der Waals surface area contributed by atoms with Crippen molar-refractivity contribution in [2.75, 3.05) is 6.16 Å². The van der Waals surface area contributed by atoms with E-state index in [1.807, 2.05) is 0 Å². The van der Waals surface area contributed by atoms with Crippen LogP contribution in [0.3, 0.4) is 0 Å². The Morgan fingerprint density at radius 1 is 0.524 bits per heavy atom. The normalized spacial score (nSPS) is 13.7. The SMILES string of the molecule is CC(C)(C)[C@H](NC(=O)c1cc(C(F)(F)F)cc(C(F)(F)F)c1)C(=O)N[C@@H](Cc1ccccc1)C[P+](Cc1cc(C(F)(F)F)cc(C(F)(F)F)c1)(c1ccccc1)c1ccccc1.[Br-]. The molecule has 5 aromatic carbocycles. The summed E-state index contributed by atoms with van der Waals surface area (Å²) in [4.78, 5) is 28.1. The van der Waals surface area contributed by atoms with Crippen molar-refractivity contribution >= 4 is 29.7 Å². The molecule has 18 heteroatoms. The van der Waals surface area contributed by atoms with E-state index in [0.717, 1.165) is 0 Å². The number of hydrogen-bond donors (Lipinski definition) is 2. The third kappa shape index (κ3) is 13.1. The first-order valence-corrected chi connectivity index (χ1v) is 21.0. The lowest BCUT2D eigenvalue weighted by atomic mass is 9.85. The van der Waals surface area contributed by atoms with Crippen LogP contribution in [0.4, 0.5) is 52.7 Å². The summed E-state index contributed by atoms with van der Waals surface area (Å²) in [5, 5.41) is 6.35. The molecule has 4 nitrogen and oxygen atoms in total. The van der Waals surface area contributed by atoms with E-state index < -0.39 is 89.1 Å². The van der Waals surface area contributed by atoms with Crippen LogP contribution in [0.15, 0.2) is 127 Å². The van der Waals surface area contributed by atoms with E-state index in [0.29, 0.717) is 28.3 Å². The Bertz CT molecular complexity index is 2230. The largest absolute Gasteiger partial charge is 1.00 e. The van der Waals surface area contributed by atoms with Crippen molar-refractivity contribution in [1.29, 1.82) is 0 Å². The summed E-state index contributed by atoms with van der Waals surface area (Å²) in [5.74, 6) is -2.33. The molecule has 0 saturated heterocycles. The van der Waals surface area contributed by atoms with Crippen LogP contribution in [0, 0.1) is 5.41 Å². The van der Waals surface area contributed by atoms with Gasteiger partial charge in [0.15, 0.2) is 0 Å². The van der Waals surface area contributed by atoms with Crippen molar-refractivity contribution in [2.24, 2.45) is 5.41 Å². The minimum Gasteiger partial charge on any atom is -1.00 e. The van der Waals surface area contributed by atoms with Gasteiger partial charge in [-0.05, 0) is 83.6 Å². The Kier molecular flexibility index (Phi) is 15.7. The number of rotatable bonds is 12. The summed E-state index contributed by atoms with van der Waals surface area (Å²) in [6.07, 6.45) is -21.2. The molecule has 0 spiro atoms. The third-order valence-corrected chi connectivity index (χ3v) is 14.6. The second-order valence-electron chi connectivity index (χ2n) is 15.9. The zero-order valence-corrected chi connectivity index (χ0v) is 36.1. The predicted molar refractivity (Wildman–Crippen MR) is 213 cm³/mol. The summed E-state index contributed by atoms with van der Waals surface area (Å²) in [7, 11) is -3.26. The van der Waals surface area contributed by atoms with Crippen molar-refractivity contribution < 1.29 is 79.3 Å². The van der Waals surface area contributed by atoms with E-state index in [1.165, 1.54) is 20.8 Å². The number of amides is 2. The standard InChI is InChI=1S/C45H39F12N2O2P.BrH/c1-41(2,3)38(59-39(60)30-22-33(44(52,53)54)25-34(23-30)45(55,56)57)40(61)58-35(21-28-13-7-4-8-14-28)27-62(36-15-9-5-10-16-36,37-17-11-6-12-18-37)26-29-19-31(42(46,47)48)24-32(20-29)43(49,50)51;/h4-20,22-25,35,38H,21,26-27H2,1-3H3,(H-,58,59,60,61);1H/t35-,38+;/m0./s1. The first-order valence-electron chi connectivity index (χ1n) is 18.9. The quantitative estimate of drug-likeness (QED) is 0.0975. The number of halogens is 13. The van der Waals surface area contributed by atoms with Gasteiger partial charge in [0.25, 0.3) is 5.91 Å². The first kappa shape index (κ1) is 50.8. The molecule has 2 N–H and O–H groups in total. The number of nitrogens with one attached hydrogen (secondary N) is 2. The van der Waals surface area contributed by atoms with E-state index in [2.05, 4.69) is 10.6 Å². The number of carbonyl (C=O) groups is 2. The average Bonchev–Trinajstić information content (AvgIpc) is 3.18. The number of carbonyl (C=O) groups excluding carboxylic acids is 2. The van der Waals surface area contributed by atoms with E-state index in [-0.39, 0.29) is 65.6 Å². The topological polar surface area (TPSA) is 58.2 Å². The van der Waals surface area contributed by atoms with E-state index in [1.54, 1.807) is 91.0 Å². The van der Waals surface area contributed by atoms with Gasteiger partial charge in [0.2, 0.25) is 5.91 Å². The molecular formula is C45H40BrF12N2O2P. The molecule has 2 atom stereocenters. The zero-order chi connectivity index (χ0) is 45.9. The van der Waals surface area contributed by atoms with Gasteiger partial charge in [0, 0.05) is 5.56 Å². The lowest BCUT2D eigenvalue weighted by Crippen LogP contribution is -3.00. The van der Waals surface area contributed by atoms with Crippen LogP contribution < -0.4 is 38.2 Å². The Morgan fingerprint density at radius 3 is 1.29 bits per heavy atom. The molecular weight excluding hydrogens is 939 g/mol. The van der Waals surface area contributed by atoms with Gasteiger partial charge in [-0.3, -0.25) is 9.59 Å². The highest BCUT2D eigenvalue weighted by atomic mass is 79.9. The number of hydrogen-bond acceptors (Lipinski definition) is 2. The second kappa shape index (κ2) is 19.5. The van der Waals surface area contributed by atoms with E-state index in [9.17, 15) is 62.3 Å². The second-order valence-corrected chi connectivity index (χ2v) is 19.5. The molecule has 0 fully saturated rings. The molecule has 0 heterocycles. The monoisotopic (exact) mass is 978 g/mol. The highest BCUT2D eigenvalue weighted by Crippen LogP contribution is 2.60. The fourth-order valence-electron chi connectivity index (χ4n) is 7.15. The van der Waals surface area contributed by atoms with E-state index >= 15 is 0 Å². The van der Waals surface area contributed by atoms with Crippen molar-refractivity contribution in [1.82, 2.24) is 10.6 Å². The van der Waals surface area contributed by atoms with E-state index in [4.69, 9.17) is 0 Å². The summed E-state index contributed by atoms with van der Waals surface area (Å²) in [6, 6.07) is 24.5. The molecule has 0 saturated carbocycles. The molecule has 0 bridgehead atoms. The highest BCUT2D eigenvalue weighted by molar-refractivity contribution is 7.88. The maximum absolute atomic E-state index is 14.5. The zero-order valence-electron chi connectivity index (χ0n) is 33.6.